The molecule has 4 fully saturated rings. The van der Waals surface area contributed by atoms with Crippen molar-refractivity contribution in [1.29, 1.82) is 0 Å². The quantitative estimate of drug-likeness (QED) is 0.662. The van der Waals surface area contributed by atoms with Crippen LogP contribution in [0, 0.1) is 11.8 Å². The van der Waals surface area contributed by atoms with E-state index in [-0.39, 0.29) is 16.9 Å². The van der Waals surface area contributed by atoms with Gasteiger partial charge in [0.15, 0.2) is 0 Å². The van der Waals surface area contributed by atoms with Crippen molar-refractivity contribution in [3.8, 4) is 0 Å². The van der Waals surface area contributed by atoms with Gasteiger partial charge in [-0.3, -0.25) is 4.21 Å². The molecule has 0 spiro atoms. The van der Waals surface area contributed by atoms with E-state index in [9.17, 15) is 9.32 Å². The number of nitrogens with zero attached hydrogens (tertiary/aromatic N) is 5. The van der Waals surface area contributed by atoms with Crippen LogP contribution in [-0.2, 0) is 17.2 Å². The molecular weight excluding hydrogens is 460 g/mol. The summed E-state index contributed by atoms with van der Waals surface area (Å²) >= 11 is 5.97. The number of hydrogen-bond acceptors (Lipinski definition) is 8. The van der Waals surface area contributed by atoms with Crippen LogP contribution in [0.5, 0.6) is 0 Å². The summed E-state index contributed by atoms with van der Waals surface area (Å²) in [7, 11) is -1.19. The van der Waals surface area contributed by atoms with Crippen molar-refractivity contribution >= 4 is 34.2 Å². The van der Waals surface area contributed by atoms with Crippen molar-refractivity contribution in [2.24, 2.45) is 11.8 Å². The molecule has 2 aliphatic carbocycles. The number of hydrogen-bond donors (Lipinski definition) is 2. The first kappa shape index (κ1) is 21.7. The highest BCUT2D eigenvalue weighted by Gasteiger charge is 2.50. The fourth-order valence-corrected chi connectivity index (χ4v) is 7.44. The minimum atomic E-state index is -1.19. The van der Waals surface area contributed by atoms with Gasteiger partial charge in [-0.05, 0) is 51.4 Å². The normalized spacial score (nSPS) is 30.8. The molecule has 0 aromatic carbocycles. The van der Waals surface area contributed by atoms with Crippen molar-refractivity contribution in [1.82, 2.24) is 19.9 Å². The van der Waals surface area contributed by atoms with Gasteiger partial charge < -0.3 is 15.3 Å². The molecule has 2 saturated carbocycles. The van der Waals surface area contributed by atoms with Crippen LogP contribution in [0.15, 0.2) is 17.3 Å². The monoisotopic (exact) mass is 488 g/mol. The number of anilines is 2. The Morgan fingerprint density at radius 1 is 1.21 bits per heavy atom. The SMILES string of the molecule is CC1(C)Cc2nc(N3CC4CC(C3)C4c3ncc(Cl)cn3)nc(NC3(CO)CCC3)c2S1=O. The summed E-state index contributed by atoms with van der Waals surface area (Å²) in [4.78, 5) is 21.8. The van der Waals surface area contributed by atoms with E-state index in [2.05, 4.69) is 20.2 Å². The molecule has 3 aliphatic heterocycles. The maximum absolute atomic E-state index is 13.3. The van der Waals surface area contributed by atoms with Crippen LogP contribution in [0.2, 0.25) is 5.02 Å². The van der Waals surface area contributed by atoms with Gasteiger partial charge in [0.2, 0.25) is 5.95 Å². The van der Waals surface area contributed by atoms with Crippen LogP contribution in [0.25, 0.3) is 0 Å². The Morgan fingerprint density at radius 2 is 1.91 bits per heavy atom. The number of halogens is 1. The molecule has 176 valence electrons. The largest absolute Gasteiger partial charge is 0.394 e. The minimum absolute atomic E-state index is 0.0494. The fourth-order valence-electron chi connectivity index (χ4n) is 5.91. The number of aliphatic hydroxyl groups is 1. The van der Waals surface area contributed by atoms with E-state index < -0.39 is 10.8 Å². The third kappa shape index (κ3) is 3.46. The summed E-state index contributed by atoms with van der Waals surface area (Å²) in [5.41, 5.74) is 0.507. The lowest BCUT2D eigenvalue weighted by Gasteiger charge is -2.52. The predicted molar refractivity (Wildman–Crippen MR) is 127 cm³/mol. The van der Waals surface area contributed by atoms with Gasteiger partial charge >= 0.3 is 0 Å². The summed E-state index contributed by atoms with van der Waals surface area (Å²) in [5.74, 6) is 3.49. The zero-order valence-corrected chi connectivity index (χ0v) is 20.5. The lowest BCUT2D eigenvalue weighted by Crippen LogP contribution is -2.55. The lowest BCUT2D eigenvalue weighted by atomic mass is 9.61. The van der Waals surface area contributed by atoms with E-state index in [1.54, 1.807) is 12.4 Å². The van der Waals surface area contributed by atoms with Gasteiger partial charge in [-0.25, -0.2) is 15.0 Å². The first-order valence-electron chi connectivity index (χ1n) is 11.7. The predicted octanol–water partition coefficient (Wildman–Crippen LogP) is 2.93. The smallest absolute Gasteiger partial charge is 0.227 e. The maximum Gasteiger partial charge on any atom is 0.227 e. The average Bonchev–Trinajstić information content (AvgIpc) is 3.00. The van der Waals surface area contributed by atoms with E-state index in [0.29, 0.717) is 41.0 Å². The van der Waals surface area contributed by atoms with E-state index in [1.807, 2.05) is 13.8 Å². The molecule has 33 heavy (non-hydrogen) atoms. The second-order valence-corrected chi connectivity index (χ2v) is 13.2. The molecule has 3 atom stereocenters. The van der Waals surface area contributed by atoms with Gasteiger partial charge in [0.05, 0.1) is 38.4 Å². The highest BCUT2D eigenvalue weighted by molar-refractivity contribution is 7.87. The summed E-state index contributed by atoms with van der Waals surface area (Å²) in [6, 6.07) is 0. The topological polar surface area (TPSA) is 104 Å². The standard InChI is InChI=1S/C23H29ClN6O2S/c1-22(2)7-16-18(33(22)32)20(29-23(12-31)4-3-5-23)28-21(27-16)30-10-13-6-14(11-30)17(13)19-25-8-15(24)9-26-19/h8-9,13-14,17,31H,3-7,10-12H2,1-2H3,(H,27,28,29). The number of piperidine rings is 2. The van der Waals surface area contributed by atoms with Crippen molar-refractivity contribution in [2.45, 2.75) is 67.1 Å². The van der Waals surface area contributed by atoms with Crippen LogP contribution in [-0.4, -0.2) is 59.2 Å². The molecule has 0 radical (unpaired) electrons. The molecule has 2 saturated heterocycles. The second-order valence-electron chi connectivity index (χ2n) is 10.7. The van der Waals surface area contributed by atoms with Crippen LogP contribution in [0.1, 0.15) is 57.0 Å². The van der Waals surface area contributed by atoms with Crippen molar-refractivity contribution in [3.05, 3.63) is 28.9 Å². The molecule has 2 aromatic heterocycles. The molecule has 5 aliphatic rings. The molecule has 3 unspecified atom stereocenters. The van der Waals surface area contributed by atoms with E-state index in [1.165, 1.54) is 0 Å². The summed E-state index contributed by atoms with van der Waals surface area (Å²) < 4.78 is 12.9. The van der Waals surface area contributed by atoms with Gasteiger partial charge in [0, 0.05) is 37.8 Å². The Morgan fingerprint density at radius 3 is 2.52 bits per heavy atom. The van der Waals surface area contributed by atoms with Gasteiger partial charge in [0.25, 0.3) is 0 Å². The van der Waals surface area contributed by atoms with Crippen LogP contribution in [0.3, 0.4) is 0 Å². The Bertz CT molecular complexity index is 1110. The highest BCUT2D eigenvalue weighted by atomic mass is 35.5. The Kier molecular flexibility index (Phi) is 4.98. The molecular formula is C23H29ClN6O2S. The number of nitrogens with one attached hydrogen (secondary N) is 1. The first-order chi connectivity index (χ1) is 15.8. The van der Waals surface area contributed by atoms with Gasteiger partial charge in [-0.15, -0.1) is 0 Å². The van der Waals surface area contributed by atoms with Crippen LogP contribution in [0.4, 0.5) is 11.8 Å². The number of fused-ring (bicyclic) bond motifs is 3. The highest BCUT2D eigenvalue weighted by Crippen LogP contribution is 2.51. The number of aromatic nitrogens is 4. The summed E-state index contributed by atoms with van der Waals surface area (Å²) in [6.45, 7) is 5.79. The van der Waals surface area contributed by atoms with Crippen molar-refractivity contribution in [3.63, 3.8) is 0 Å². The Balaban J connectivity index is 1.30. The first-order valence-corrected chi connectivity index (χ1v) is 13.3. The molecule has 7 rings (SSSR count). The number of rotatable bonds is 5. The van der Waals surface area contributed by atoms with Gasteiger partial charge in [-0.2, -0.15) is 4.98 Å². The van der Waals surface area contributed by atoms with Crippen molar-refractivity contribution in [2.75, 3.05) is 29.9 Å². The molecule has 2 aromatic rings. The van der Waals surface area contributed by atoms with E-state index in [4.69, 9.17) is 21.6 Å². The molecule has 2 bridgehead atoms. The molecule has 5 heterocycles. The summed E-state index contributed by atoms with van der Waals surface area (Å²) in [6.07, 6.45) is 8.04. The van der Waals surface area contributed by atoms with Gasteiger partial charge in [0.1, 0.15) is 16.5 Å². The zero-order chi connectivity index (χ0) is 23.0. The van der Waals surface area contributed by atoms with Crippen molar-refractivity contribution < 1.29 is 9.32 Å². The molecule has 10 heteroatoms. The minimum Gasteiger partial charge on any atom is -0.394 e. The average molecular weight is 489 g/mol. The Labute approximate surface area is 201 Å². The third-order valence-electron chi connectivity index (χ3n) is 7.95. The Hall–Kier alpha value is -1.84. The summed E-state index contributed by atoms with van der Waals surface area (Å²) in [5, 5.41) is 14.1. The lowest BCUT2D eigenvalue weighted by molar-refractivity contribution is 0.104. The molecule has 0 amide bonds. The van der Waals surface area contributed by atoms with Crippen LogP contribution >= 0.6 is 11.6 Å². The zero-order valence-electron chi connectivity index (χ0n) is 18.9. The third-order valence-corrected chi connectivity index (χ3v) is 10.1. The fraction of sp³-hybridized carbons (Fsp3) is 0.652. The van der Waals surface area contributed by atoms with E-state index >= 15 is 0 Å². The maximum atomic E-state index is 13.3. The van der Waals surface area contributed by atoms with Crippen LogP contribution < -0.4 is 10.2 Å². The van der Waals surface area contributed by atoms with E-state index in [0.717, 1.165) is 55.2 Å². The molecule has 2 N–H and O–H groups in total. The second kappa shape index (κ2) is 7.58. The van der Waals surface area contributed by atoms with Gasteiger partial charge in [-0.1, -0.05) is 11.6 Å². The molecule has 8 nitrogen and oxygen atoms in total. The number of aliphatic hydroxyl groups excluding tert-OH is 1.